The van der Waals surface area contributed by atoms with Crippen LogP contribution in [0.5, 0.6) is 0 Å². The van der Waals surface area contributed by atoms with Crippen LogP contribution >= 0.6 is 21.6 Å². The lowest BCUT2D eigenvalue weighted by molar-refractivity contribution is -0.124. The molecule has 0 spiro atoms. The van der Waals surface area contributed by atoms with Gasteiger partial charge in [-0.15, -0.1) is 0 Å². The van der Waals surface area contributed by atoms with Gasteiger partial charge in [-0.2, -0.15) is 0 Å². The number of rotatable bonds is 11. The molecule has 3 amide bonds. The molecule has 1 atom stereocenters. The Kier molecular flexibility index (Phi) is 10.8. The second kappa shape index (κ2) is 13.2. The summed E-state index contributed by atoms with van der Waals surface area (Å²) >= 11 is 0. The maximum Gasteiger partial charge on any atom is 0.413 e. The third kappa shape index (κ3) is 10.1. The molecule has 0 bridgehead atoms. The van der Waals surface area contributed by atoms with Crippen molar-refractivity contribution in [2.75, 3.05) is 19.8 Å². The van der Waals surface area contributed by atoms with Gasteiger partial charge < -0.3 is 30.2 Å². The van der Waals surface area contributed by atoms with Gasteiger partial charge in [-0.1, -0.05) is 40.8 Å². The monoisotopic (exact) mass is 576 g/mol. The summed E-state index contributed by atoms with van der Waals surface area (Å²) in [7, 11) is 6.89. The van der Waals surface area contributed by atoms with Crippen LogP contribution in [0.15, 0.2) is 55.3 Å². The van der Waals surface area contributed by atoms with Crippen molar-refractivity contribution >= 4 is 45.1 Å². The molecule has 0 fully saturated rings. The minimum Gasteiger partial charge on any atom is -0.444 e. The predicted molar refractivity (Wildman–Crippen MR) is 161 cm³/mol. The Labute approximate surface area is 239 Å². The Morgan fingerprint density at radius 1 is 1.15 bits per heavy atom. The van der Waals surface area contributed by atoms with E-state index >= 15 is 0 Å². The number of nitrogens with zero attached hydrogens (tertiary/aromatic N) is 2. The van der Waals surface area contributed by atoms with Gasteiger partial charge in [-0.3, -0.25) is 14.9 Å². The third-order valence-electron chi connectivity index (χ3n) is 5.28. The number of amides is 3. The maximum absolute atomic E-state index is 12.8. The smallest absolute Gasteiger partial charge is 0.413 e. The van der Waals surface area contributed by atoms with Crippen molar-refractivity contribution in [2.24, 2.45) is 7.05 Å². The van der Waals surface area contributed by atoms with Crippen LogP contribution in [-0.2, 0) is 16.6 Å². The van der Waals surface area contributed by atoms with Gasteiger partial charge in [-0.25, -0.2) is 4.79 Å². The SMILES string of the molecule is C=C(/C=C\C(=C)c1cc(C(=O)NCC(C)(C)SSC)n(C)c1)NC(=O)C1NC(NC(=O)OC(C)(C)C)=CN1C. The fourth-order valence-electron chi connectivity index (χ4n) is 3.47. The molecule has 2 rings (SSSR count). The van der Waals surface area contributed by atoms with E-state index < -0.39 is 17.9 Å². The Morgan fingerprint density at radius 3 is 2.44 bits per heavy atom. The van der Waals surface area contributed by atoms with Crippen molar-refractivity contribution in [2.45, 2.75) is 51.1 Å². The van der Waals surface area contributed by atoms with E-state index in [0.29, 0.717) is 29.3 Å². The average Bonchev–Trinajstić information content (AvgIpc) is 3.36. The molecule has 1 unspecified atom stereocenters. The van der Waals surface area contributed by atoms with Gasteiger partial charge in [0, 0.05) is 43.5 Å². The molecule has 2 heterocycles. The molecule has 1 aromatic rings. The second-order valence-electron chi connectivity index (χ2n) is 10.7. The van der Waals surface area contributed by atoms with Crippen LogP contribution in [0.3, 0.4) is 0 Å². The molecule has 12 heteroatoms. The van der Waals surface area contributed by atoms with E-state index in [1.54, 1.807) is 90.3 Å². The number of aryl methyl sites for hydroxylation is 1. The summed E-state index contributed by atoms with van der Waals surface area (Å²) in [6.45, 7) is 18.0. The predicted octanol–water partition coefficient (Wildman–Crippen LogP) is 3.93. The van der Waals surface area contributed by atoms with Crippen LogP contribution in [-0.4, -0.2) is 63.7 Å². The summed E-state index contributed by atoms with van der Waals surface area (Å²) < 4.78 is 6.90. The summed E-state index contributed by atoms with van der Waals surface area (Å²) in [6.07, 6.45) is 7.42. The molecular formula is C27H40N6O4S2. The van der Waals surface area contributed by atoms with E-state index in [9.17, 15) is 14.4 Å². The number of ether oxygens (including phenoxy) is 1. The van der Waals surface area contributed by atoms with Crippen molar-refractivity contribution in [3.8, 4) is 0 Å². The molecule has 4 N–H and O–H groups in total. The first-order valence-electron chi connectivity index (χ1n) is 12.2. The second-order valence-corrected chi connectivity index (χ2v) is 13.8. The van der Waals surface area contributed by atoms with Crippen LogP contribution in [0.25, 0.3) is 5.57 Å². The van der Waals surface area contributed by atoms with E-state index in [1.165, 1.54) is 0 Å². The first kappa shape index (κ1) is 32.0. The summed E-state index contributed by atoms with van der Waals surface area (Å²) in [5.41, 5.74) is 1.66. The van der Waals surface area contributed by atoms with Gasteiger partial charge in [0.25, 0.3) is 11.8 Å². The van der Waals surface area contributed by atoms with E-state index in [1.807, 2.05) is 12.5 Å². The summed E-state index contributed by atoms with van der Waals surface area (Å²) in [5, 5.41) is 11.2. The van der Waals surface area contributed by atoms with Gasteiger partial charge in [0.05, 0.1) is 0 Å². The maximum atomic E-state index is 12.8. The molecule has 1 aliphatic heterocycles. The highest BCUT2D eigenvalue weighted by molar-refractivity contribution is 8.76. The quantitative estimate of drug-likeness (QED) is 0.231. The molecule has 10 nitrogen and oxygen atoms in total. The van der Waals surface area contributed by atoms with Crippen LogP contribution in [0.4, 0.5) is 4.79 Å². The molecule has 1 aliphatic rings. The van der Waals surface area contributed by atoms with Crippen molar-refractivity contribution in [3.05, 3.63) is 66.5 Å². The molecule has 39 heavy (non-hydrogen) atoms. The van der Waals surface area contributed by atoms with Crippen molar-refractivity contribution < 1.29 is 19.1 Å². The minimum absolute atomic E-state index is 0.0880. The van der Waals surface area contributed by atoms with Crippen LogP contribution in [0.1, 0.15) is 50.7 Å². The number of hydrogen-bond donors (Lipinski definition) is 4. The first-order valence-corrected chi connectivity index (χ1v) is 14.8. The fraction of sp³-hybridized carbons (Fsp3) is 0.444. The summed E-state index contributed by atoms with van der Waals surface area (Å²) in [5.74, 6) is -0.178. The lowest BCUT2D eigenvalue weighted by atomic mass is 10.1. The van der Waals surface area contributed by atoms with Gasteiger partial charge in [0.1, 0.15) is 17.1 Å². The van der Waals surface area contributed by atoms with Crippen molar-refractivity contribution in [1.82, 2.24) is 30.7 Å². The lowest BCUT2D eigenvalue weighted by Gasteiger charge is -2.22. The van der Waals surface area contributed by atoms with E-state index in [0.717, 1.165) is 5.56 Å². The molecule has 0 radical (unpaired) electrons. The van der Waals surface area contributed by atoms with Crippen LogP contribution in [0.2, 0.25) is 0 Å². The molecular weight excluding hydrogens is 536 g/mol. The molecule has 0 aromatic carbocycles. The number of hydrogen-bond acceptors (Lipinski definition) is 8. The summed E-state index contributed by atoms with van der Waals surface area (Å²) in [6, 6.07) is 1.78. The Balaban J connectivity index is 1.91. The van der Waals surface area contributed by atoms with Gasteiger partial charge >= 0.3 is 6.09 Å². The average molecular weight is 577 g/mol. The Bertz CT molecular complexity index is 1180. The van der Waals surface area contributed by atoms with Crippen LogP contribution < -0.4 is 21.3 Å². The molecule has 214 valence electrons. The molecule has 1 aromatic heterocycles. The highest BCUT2D eigenvalue weighted by Gasteiger charge is 2.29. The number of aromatic nitrogens is 1. The highest BCUT2D eigenvalue weighted by Crippen LogP contribution is 2.32. The van der Waals surface area contributed by atoms with E-state index in [2.05, 4.69) is 48.3 Å². The number of carbonyl (C=O) groups excluding carboxylic acids is 3. The van der Waals surface area contributed by atoms with Crippen molar-refractivity contribution in [1.29, 1.82) is 0 Å². The molecule has 0 saturated carbocycles. The van der Waals surface area contributed by atoms with E-state index in [-0.39, 0.29) is 16.6 Å². The standard InChI is InChI=1S/C27H40N6O4S2/c1-17(19-13-20(32(8)14-19)23(34)28-16-27(6,7)39-38-10)11-12-18(2)29-24(35)22-30-21(15-33(22)9)31-25(36)37-26(3,4)5/h11-15,22,30H,1-2,16H2,3-10H3,(H,28,34)(H,29,35)(H,31,36)/b12-11-. The normalized spacial score (nSPS) is 15.4. The van der Waals surface area contributed by atoms with Gasteiger partial charge in [0.2, 0.25) is 0 Å². The third-order valence-corrected chi connectivity index (χ3v) is 7.89. The fourth-order valence-corrected chi connectivity index (χ4v) is 5.58. The number of likely N-dealkylation sites (N-methyl/N-ethyl adjacent to an activating group) is 1. The highest BCUT2D eigenvalue weighted by atomic mass is 33.1. The Hall–Kier alpha value is -3.25. The summed E-state index contributed by atoms with van der Waals surface area (Å²) in [4.78, 5) is 39.1. The van der Waals surface area contributed by atoms with E-state index in [4.69, 9.17) is 4.74 Å². The first-order chi connectivity index (χ1) is 18.0. The molecule has 0 saturated heterocycles. The number of allylic oxidation sites excluding steroid dienone is 3. The minimum atomic E-state index is -0.752. The number of nitrogens with one attached hydrogen (secondary N) is 4. The largest absolute Gasteiger partial charge is 0.444 e. The van der Waals surface area contributed by atoms with Gasteiger partial charge in [0.15, 0.2) is 6.17 Å². The number of alkyl carbamates (subject to hydrolysis) is 1. The van der Waals surface area contributed by atoms with Crippen molar-refractivity contribution in [3.63, 3.8) is 0 Å². The lowest BCUT2D eigenvalue weighted by Crippen LogP contribution is -2.48. The zero-order chi connectivity index (χ0) is 29.5. The zero-order valence-corrected chi connectivity index (χ0v) is 25.6. The van der Waals surface area contributed by atoms with Gasteiger partial charge in [-0.05, 0) is 64.2 Å². The van der Waals surface area contributed by atoms with Crippen LogP contribution in [0, 0.1) is 0 Å². The molecule has 0 aliphatic carbocycles. The zero-order valence-electron chi connectivity index (χ0n) is 23.9. The Morgan fingerprint density at radius 2 is 1.82 bits per heavy atom. The number of carbonyl (C=O) groups is 3. The topological polar surface area (TPSA) is 117 Å².